The van der Waals surface area contributed by atoms with E-state index in [1.807, 2.05) is 42.5 Å². The predicted molar refractivity (Wildman–Crippen MR) is 91.1 cm³/mol. The fourth-order valence-corrected chi connectivity index (χ4v) is 2.08. The van der Waals surface area contributed by atoms with Crippen LogP contribution in [0.2, 0.25) is 0 Å². The van der Waals surface area contributed by atoms with Crippen molar-refractivity contribution in [1.82, 2.24) is 5.32 Å². The molecule has 0 saturated carbocycles. The van der Waals surface area contributed by atoms with E-state index >= 15 is 0 Å². The molecule has 0 atom stereocenters. The highest BCUT2D eigenvalue weighted by Crippen LogP contribution is 2.24. The Balaban J connectivity index is 1.87. The van der Waals surface area contributed by atoms with Gasteiger partial charge in [0, 0.05) is 23.7 Å². The summed E-state index contributed by atoms with van der Waals surface area (Å²) in [5.74, 6) is 8.63. The molecule has 1 N–H and O–H groups in total. The van der Waals surface area contributed by atoms with Crippen LogP contribution in [0.5, 0.6) is 17.2 Å². The second kappa shape index (κ2) is 8.72. The number of rotatable bonds is 6. The van der Waals surface area contributed by atoms with Crippen LogP contribution in [0.1, 0.15) is 11.1 Å². The van der Waals surface area contributed by atoms with Crippen molar-refractivity contribution >= 4 is 0 Å². The average Bonchev–Trinajstić information content (AvgIpc) is 2.62. The van der Waals surface area contributed by atoms with Gasteiger partial charge in [0.05, 0.1) is 27.9 Å². The van der Waals surface area contributed by atoms with Gasteiger partial charge in [0.1, 0.15) is 17.2 Å². The van der Waals surface area contributed by atoms with Gasteiger partial charge in [0.15, 0.2) is 0 Å². The molecule has 23 heavy (non-hydrogen) atoms. The largest absolute Gasteiger partial charge is 0.497 e. The van der Waals surface area contributed by atoms with Crippen LogP contribution in [0, 0.1) is 11.8 Å². The molecule has 0 fully saturated rings. The summed E-state index contributed by atoms with van der Waals surface area (Å²) in [7, 11) is 4.95. The highest BCUT2D eigenvalue weighted by atomic mass is 16.5. The molecule has 0 aromatic heterocycles. The molecule has 0 heterocycles. The van der Waals surface area contributed by atoms with E-state index in [9.17, 15) is 0 Å². The molecule has 0 saturated heterocycles. The van der Waals surface area contributed by atoms with Gasteiger partial charge >= 0.3 is 0 Å². The van der Waals surface area contributed by atoms with Crippen LogP contribution in [0.4, 0.5) is 0 Å². The lowest BCUT2D eigenvalue weighted by atomic mass is 10.2. The van der Waals surface area contributed by atoms with Crippen LogP contribution < -0.4 is 19.5 Å². The Morgan fingerprint density at radius 1 is 0.870 bits per heavy atom. The molecule has 0 aliphatic carbocycles. The molecule has 0 aliphatic rings. The highest BCUT2D eigenvalue weighted by molar-refractivity contribution is 5.41. The van der Waals surface area contributed by atoms with E-state index in [4.69, 9.17) is 14.2 Å². The van der Waals surface area contributed by atoms with Gasteiger partial charge in [0.2, 0.25) is 0 Å². The maximum absolute atomic E-state index is 5.37. The minimum absolute atomic E-state index is 0.598. The SMILES string of the molecule is COc1ccc(C#CCNCc2ccc(OC)cc2OC)cc1. The zero-order valence-electron chi connectivity index (χ0n) is 13.7. The average molecular weight is 311 g/mol. The van der Waals surface area contributed by atoms with Crippen molar-refractivity contribution in [3.8, 4) is 29.1 Å². The zero-order valence-corrected chi connectivity index (χ0v) is 13.7. The summed E-state index contributed by atoms with van der Waals surface area (Å²) in [5.41, 5.74) is 2.04. The van der Waals surface area contributed by atoms with Crippen molar-refractivity contribution in [3.63, 3.8) is 0 Å². The fraction of sp³-hybridized carbons (Fsp3) is 0.263. The predicted octanol–water partition coefficient (Wildman–Crippen LogP) is 2.85. The summed E-state index contributed by atoms with van der Waals surface area (Å²) >= 11 is 0. The second-order valence-corrected chi connectivity index (χ2v) is 4.81. The Morgan fingerprint density at radius 3 is 2.22 bits per heavy atom. The van der Waals surface area contributed by atoms with Crippen LogP contribution >= 0.6 is 0 Å². The molecular formula is C19H21NO3. The van der Waals surface area contributed by atoms with Crippen LogP contribution in [0.3, 0.4) is 0 Å². The highest BCUT2D eigenvalue weighted by Gasteiger charge is 2.03. The van der Waals surface area contributed by atoms with Gasteiger partial charge < -0.3 is 19.5 Å². The molecule has 0 bridgehead atoms. The van der Waals surface area contributed by atoms with Crippen LogP contribution in [0.15, 0.2) is 42.5 Å². The first-order valence-electron chi connectivity index (χ1n) is 7.31. The first-order valence-corrected chi connectivity index (χ1v) is 7.31. The van der Waals surface area contributed by atoms with Crippen molar-refractivity contribution in [3.05, 3.63) is 53.6 Å². The van der Waals surface area contributed by atoms with Gasteiger partial charge in [-0.1, -0.05) is 17.9 Å². The second-order valence-electron chi connectivity index (χ2n) is 4.81. The lowest BCUT2D eigenvalue weighted by Crippen LogP contribution is -2.14. The summed E-state index contributed by atoms with van der Waals surface area (Å²) in [4.78, 5) is 0. The Bertz CT molecular complexity index is 684. The third-order valence-electron chi connectivity index (χ3n) is 3.35. The number of nitrogens with one attached hydrogen (secondary N) is 1. The van der Waals surface area contributed by atoms with E-state index in [0.29, 0.717) is 13.1 Å². The molecule has 0 unspecified atom stereocenters. The molecule has 0 amide bonds. The lowest BCUT2D eigenvalue weighted by molar-refractivity contribution is 0.390. The van der Waals surface area contributed by atoms with Crippen molar-refractivity contribution in [2.45, 2.75) is 6.54 Å². The van der Waals surface area contributed by atoms with E-state index in [0.717, 1.165) is 28.4 Å². The third kappa shape index (κ3) is 4.94. The summed E-state index contributed by atoms with van der Waals surface area (Å²) < 4.78 is 15.7. The van der Waals surface area contributed by atoms with E-state index in [1.165, 1.54) is 0 Å². The van der Waals surface area contributed by atoms with Gasteiger partial charge in [-0.3, -0.25) is 0 Å². The molecule has 2 aromatic carbocycles. The molecule has 120 valence electrons. The number of benzene rings is 2. The summed E-state index contributed by atoms with van der Waals surface area (Å²) in [6, 6.07) is 13.5. The molecule has 0 spiro atoms. The quantitative estimate of drug-likeness (QED) is 0.658. The van der Waals surface area contributed by atoms with E-state index < -0.39 is 0 Å². The standard InChI is InChI=1S/C19H21NO3/c1-21-17-9-6-15(7-10-17)5-4-12-20-14-16-8-11-18(22-2)13-19(16)23-3/h6-11,13,20H,12,14H2,1-3H3. The van der Waals surface area contributed by atoms with E-state index in [1.54, 1.807) is 21.3 Å². The first-order chi connectivity index (χ1) is 11.3. The van der Waals surface area contributed by atoms with Crippen LogP contribution in [-0.2, 0) is 6.54 Å². The van der Waals surface area contributed by atoms with Gasteiger partial charge in [0.25, 0.3) is 0 Å². The third-order valence-corrected chi connectivity index (χ3v) is 3.35. The van der Waals surface area contributed by atoms with E-state index in [2.05, 4.69) is 17.2 Å². The lowest BCUT2D eigenvalue weighted by Gasteiger charge is -2.10. The fourth-order valence-electron chi connectivity index (χ4n) is 2.08. The smallest absolute Gasteiger partial charge is 0.127 e. The van der Waals surface area contributed by atoms with Crippen LogP contribution in [0.25, 0.3) is 0 Å². The Labute approximate surface area is 137 Å². The summed E-state index contributed by atoms with van der Waals surface area (Å²) in [6.45, 7) is 1.28. The molecule has 0 radical (unpaired) electrons. The summed E-state index contributed by atoms with van der Waals surface area (Å²) in [5, 5.41) is 3.29. The Hall–Kier alpha value is -2.64. The minimum Gasteiger partial charge on any atom is -0.497 e. The zero-order chi connectivity index (χ0) is 16.5. The number of methoxy groups -OCH3 is 3. The van der Waals surface area contributed by atoms with Crippen LogP contribution in [-0.4, -0.2) is 27.9 Å². The monoisotopic (exact) mass is 311 g/mol. The van der Waals surface area contributed by atoms with Gasteiger partial charge in [-0.25, -0.2) is 0 Å². The number of ether oxygens (including phenoxy) is 3. The number of hydrogen-bond donors (Lipinski definition) is 1. The minimum atomic E-state index is 0.598. The Kier molecular flexibility index (Phi) is 6.34. The van der Waals surface area contributed by atoms with E-state index in [-0.39, 0.29) is 0 Å². The maximum Gasteiger partial charge on any atom is 0.127 e. The molecular weight excluding hydrogens is 290 g/mol. The van der Waals surface area contributed by atoms with Crippen molar-refractivity contribution in [2.24, 2.45) is 0 Å². The maximum atomic E-state index is 5.37. The molecule has 2 aromatic rings. The van der Waals surface area contributed by atoms with Crippen molar-refractivity contribution < 1.29 is 14.2 Å². The Morgan fingerprint density at radius 2 is 1.57 bits per heavy atom. The van der Waals surface area contributed by atoms with Crippen molar-refractivity contribution in [1.29, 1.82) is 0 Å². The van der Waals surface area contributed by atoms with Gasteiger partial charge in [-0.05, 0) is 30.3 Å². The molecule has 0 aliphatic heterocycles. The molecule has 4 nitrogen and oxygen atoms in total. The van der Waals surface area contributed by atoms with Gasteiger partial charge in [-0.2, -0.15) is 0 Å². The first kappa shape index (κ1) is 16.7. The normalized spacial score (nSPS) is 9.70. The molecule has 4 heteroatoms. The topological polar surface area (TPSA) is 39.7 Å². The van der Waals surface area contributed by atoms with Gasteiger partial charge in [-0.15, -0.1) is 0 Å². The number of hydrogen-bond acceptors (Lipinski definition) is 4. The molecule has 2 rings (SSSR count). The summed E-state index contributed by atoms with van der Waals surface area (Å²) in [6.07, 6.45) is 0. The van der Waals surface area contributed by atoms with Crippen molar-refractivity contribution in [2.75, 3.05) is 27.9 Å².